The zero-order chi connectivity index (χ0) is 10.8. The molecule has 0 bridgehead atoms. The average Bonchev–Trinajstić information content (AvgIpc) is 2.29. The molecule has 1 unspecified atom stereocenters. The van der Waals surface area contributed by atoms with Crippen molar-refractivity contribution in [2.24, 2.45) is 0 Å². The predicted molar refractivity (Wildman–Crippen MR) is 67.1 cm³/mol. The lowest BCUT2D eigenvalue weighted by atomic mass is 9.91. The Kier molecular flexibility index (Phi) is 2.77. The van der Waals surface area contributed by atoms with Gasteiger partial charge in [0.2, 0.25) is 0 Å². The first-order valence-corrected chi connectivity index (χ1v) is 5.57. The van der Waals surface area contributed by atoms with Gasteiger partial charge >= 0.3 is 0 Å². The van der Waals surface area contributed by atoms with Crippen molar-refractivity contribution in [3.8, 4) is 0 Å². The van der Waals surface area contributed by atoms with Crippen molar-refractivity contribution in [2.45, 2.75) is 26.2 Å². The molecule has 2 aromatic carbocycles. The van der Waals surface area contributed by atoms with Gasteiger partial charge in [0.25, 0.3) is 0 Å². The van der Waals surface area contributed by atoms with Gasteiger partial charge in [-0.05, 0) is 41.2 Å². The monoisotopic (exact) mass is 197 g/mol. The molecule has 0 spiro atoms. The second-order valence-corrected chi connectivity index (χ2v) is 4.17. The molecule has 0 N–H and O–H groups in total. The summed E-state index contributed by atoms with van der Waals surface area (Å²) >= 11 is 0. The van der Waals surface area contributed by atoms with Crippen molar-refractivity contribution in [1.82, 2.24) is 0 Å². The topological polar surface area (TPSA) is 0 Å². The molecule has 0 saturated heterocycles. The van der Waals surface area contributed by atoms with Gasteiger partial charge in [0.1, 0.15) is 0 Å². The first-order chi connectivity index (χ1) is 7.24. The van der Waals surface area contributed by atoms with Crippen molar-refractivity contribution < 1.29 is 0 Å². The van der Waals surface area contributed by atoms with Gasteiger partial charge in [-0.15, -0.1) is 0 Å². The Balaban J connectivity index is 2.71. The lowest BCUT2D eigenvalue weighted by Crippen LogP contribution is -1.93. The SMILES string of the molecule is [CH2]c1ccc(C(C)CC)c2ccccc12. The molecule has 0 saturated carbocycles. The second kappa shape index (κ2) is 4.06. The third-order valence-electron chi connectivity index (χ3n) is 3.19. The summed E-state index contributed by atoms with van der Waals surface area (Å²) in [6.45, 7) is 8.59. The summed E-state index contributed by atoms with van der Waals surface area (Å²) in [4.78, 5) is 0. The normalized spacial score (nSPS) is 13.0. The van der Waals surface area contributed by atoms with E-state index in [9.17, 15) is 0 Å². The fourth-order valence-corrected chi connectivity index (χ4v) is 2.03. The van der Waals surface area contributed by atoms with Gasteiger partial charge < -0.3 is 0 Å². The lowest BCUT2D eigenvalue weighted by Gasteiger charge is -2.13. The van der Waals surface area contributed by atoms with E-state index < -0.39 is 0 Å². The predicted octanol–water partition coefficient (Wildman–Crippen LogP) is 4.54. The largest absolute Gasteiger partial charge is 0.0648 e. The number of hydrogen-bond acceptors (Lipinski definition) is 0. The third kappa shape index (κ3) is 1.77. The van der Waals surface area contributed by atoms with Crippen LogP contribution in [0.3, 0.4) is 0 Å². The molecular formula is C15H17. The number of hydrogen-bond donors (Lipinski definition) is 0. The zero-order valence-electron chi connectivity index (χ0n) is 9.46. The fourth-order valence-electron chi connectivity index (χ4n) is 2.03. The summed E-state index contributed by atoms with van der Waals surface area (Å²) in [6, 6.07) is 12.9. The Morgan fingerprint density at radius 2 is 1.73 bits per heavy atom. The minimum absolute atomic E-state index is 0.621. The molecule has 0 heteroatoms. The van der Waals surface area contributed by atoms with Gasteiger partial charge in [0.05, 0.1) is 0 Å². The Hall–Kier alpha value is -1.30. The van der Waals surface area contributed by atoms with Crippen molar-refractivity contribution >= 4 is 10.8 Å². The van der Waals surface area contributed by atoms with E-state index in [-0.39, 0.29) is 0 Å². The molecule has 0 aliphatic heterocycles. The van der Waals surface area contributed by atoms with E-state index in [2.05, 4.69) is 57.2 Å². The number of fused-ring (bicyclic) bond motifs is 1. The Bertz CT molecular complexity index is 468. The van der Waals surface area contributed by atoms with Crippen molar-refractivity contribution in [2.75, 3.05) is 0 Å². The van der Waals surface area contributed by atoms with E-state index in [1.54, 1.807) is 0 Å². The van der Waals surface area contributed by atoms with Gasteiger partial charge in [-0.3, -0.25) is 0 Å². The summed E-state index contributed by atoms with van der Waals surface area (Å²) in [5.74, 6) is 0.621. The van der Waals surface area contributed by atoms with Crippen LogP contribution in [0, 0.1) is 6.92 Å². The minimum atomic E-state index is 0.621. The maximum absolute atomic E-state index is 4.07. The maximum atomic E-state index is 4.07. The van der Waals surface area contributed by atoms with E-state index >= 15 is 0 Å². The molecule has 77 valence electrons. The van der Waals surface area contributed by atoms with Gasteiger partial charge in [0, 0.05) is 0 Å². The van der Waals surface area contributed by atoms with Crippen molar-refractivity contribution in [3.05, 3.63) is 54.4 Å². The fraction of sp³-hybridized carbons (Fsp3) is 0.267. The molecule has 0 amide bonds. The van der Waals surface area contributed by atoms with Crippen LogP contribution < -0.4 is 0 Å². The molecule has 0 aromatic heterocycles. The number of rotatable bonds is 2. The molecule has 0 fully saturated rings. The quantitative estimate of drug-likeness (QED) is 0.663. The van der Waals surface area contributed by atoms with Crippen LogP contribution >= 0.6 is 0 Å². The molecule has 0 heterocycles. The summed E-state index contributed by atoms with van der Waals surface area (Å²) in [6.07, 6.45) is 1.18. The summed E-state index contributed by atoms with van der Waals surface area (Å²) in [5.41, 5.74) is 2.57. The Morgan fingerprint density at radius 1 is 1.07 bits per heavy atom. The second-order valence-electron chi connectivity index (χ2n) is 4.17. The number of benzene rings is 2. The van der Waals surface area contributed by atoms with Crippen LogP contribution in [0.25, 0.3) is 10.8 Å². The minimum Gasteiger partial charge on any atom is -0.0648 e. The van der Waals surface area contributed by atoms with Crippen LogP contribution in [0.1, 0.15) is 37.3 Å². The van der Waals surface area contributed by atoms with E-state index in [1.165, 1.54) is 22.8 Å². The highest BCUT2D eigenvalue weighted by molar-refractivity contribution is 5.89. The van der Waals surface area contributed by atoms with E-state index in [0.717, 1.165) is 5.56 Å². The molecule has 15 heavy (non-hydrogen) atoms. The van der Waals surface area contributed by atoms with Crippen LogP contribution in [0.15, 0.2) is 36.4 Å². The summed E-state index contributed by atoms with van der Waals surface area (Å²) in [7, 11) is 0. The highest BCUT2D eigenvalue weighted by atomic mass is 14.1. The van der Waals surface area contributed by atoms with Gasteiger partial charge in [-0.1, -0.05) is 50.2 Å². The van der Waals surface area contributed by atoms with Crippen LogP contribution in [-0.4, -0.2) is 0 Å². The van der Waals surface area contributed by atoms with Crippen LogP contribution in [0.5, 0.6) is 0 Å². The first-order valence-electron chi connectivity index (χ1n) is 5.57. The molecule has 0 aliphatic rings. The maximum Gasteiger partial charge on any atom is -0.0146 e. The standard InChI is InChI=1S/C15H17/c1-4-11(2)14-10-9-12(3)13-7-5-6-8-15(13)14/h5-11H,3-4H2,1-2H3. The van der Waals surface area contributed by atoms with Gasteiger partial charge in [0.15, 0.2) is 0 Å². The van der Waals surface area contributed by atoms with E-state index in [4.69, 9.17) is 0 Å². The van der Waals surface area contributed by atoms with Gasteiger partial charge in [-0.25, -0.2) is 0 Å². The third-order valence-corrected chi connectivity index (χ3v) is 3.19. The van der Waals surface area contributed by atoms with Crippen molar-refractivity contribution in [3.63, 3.8) is 0 Å². The molecule has 2 aromatic rings. The molecule has 0 aliphatic carbocycles. The summed E-state index contributed by atoms with van der Waals surface area (Å²) in [5, 5.41) is 2.65. The molecule has 2 rings (SSSR count). The van der Waals surface area contributed by atoms with Gasteiger partial charge in [-0.2, -0.15) is 0 Å². The smallest absolute Gasteiger partial charge is 0.0146 e. The molecule has 0 nitrogen and oxygen atoms in total. The van der Waals surface area contributed by atoms with E-state index in [1.807, 2.05) is 0 Å². The Labute approximate surface area is 91.9 Å². The summed E-state index contributed by atoms with van der Waals surface area (Å²) < 4.78 is 0. The van der Waals surface area contributed by atoms with Crippen LogP contribution in [-0.2, 0) is 0 Å². The van der Waals surface area contributed by atoms with Crippen LogP contribution in [0.4, 0.5) is 0 Å². The van der Waals surface area contributed by atoms with Crippen LogP contribution in [0.2, 0.25) is 0 Å². The van der Waals surface area contributed by atoms with E-state index in [0.29, 0.717) is 5.92 Å². The Morgan fingerprint density at radius 3 is 2.40 bits per heavy atom. The first kappa shape index (κ1) is 10.2. The van der Waals surface area contributed by atoms with Crippen molar-refractivity contribution in [1.29, 1.82) is 0 Å². The molecule has 1 atom stereocenters. The lowest BCUT2D eigenvalue weighted by molar-refractivity contribution is 0.739. The zero-order valence-corrected chi connectivity index (χ0v) is 9.46. The highest BCUT2D eigenvalue weighted by Gasteiger charge is 2.08. The molecule has 1 radical (unpaired) electrons. The highest BCUT2D eigenvalue weighted by Crippen LogP contribution is 2.29. The average molecular weight is 197 g/mol. The molecular weight excluding hydrogens is 180 g/mol.